The maximum absolute atomic E-state index is 12.9. The zero-order valence-electron chi connectivity index (χ0n) is 44.9. The van der Waals surface area contributed by atoms with Gasteiger partial charge in [0.2, 0.25) is 5.91 Å². The molecule has 0 fully saturated rings. The largest absolute Gasteiger partial charge is 0.756 e. The predicted molar refractivity (Wildman–Crippen MR) is 284 cm³/mol. The van der Waals surface area contributed by atoms with Crippen molar-refractivity contribution in [3.63, 3.8) is 0 Å². The second-order valence-electron chi connectivity index (χ2n) is 21.4. The summed E-state index contributed by atoms with van der Waals surface area (Å²) in [6.45, 7) is 4.73. The summed E-state index contributed by atoms with van der Waals surface area (Å²) in [6, 6.07) is -0.795. The fraction of sp³-hybridized carbons (Fsp3) is 0.947. The van der Waals surface area contributed by atoms with Gasteiger partial charge in [0.15, 0.2) is 0 Å². The zero-order valence-corrected chi connectivity index (χ0v) is 45.8. The molecule has 3 atom stereocenters. The Bertz CT molecular complexity index is 1080. The number of hydrogen-bond acceptors (Lipinski definition) is 6. The molecule has 0 saturated heterocycles. The number of phosphoric acid groups is 1. The Morgan fingerprint density at radius 1 is 0.515 bits per heavy atom. The van der Waals surface area contributed by atoms with Gasteiger partial charge in [-0.25, -0.2) is 0 Å². The number of phosphoric ester groups is 1. The minimum Gasteiger partial charge on any atom is -0.756 e. The molecular weight excluding hydrogens is 840 g/mol. The molecule has 0 aliphatic carbocycles. The van der Waals surface area contributed by atoms with Crippen molar-refractivity contribution in [2.45, 2.75) is 309 Å². The molecular formula is C57H115N2O6P. The molecule has 0 aromatic carbocycles. The second-order valence-corrected chi connectivity index (χ2v) is 22.8. The summed E-state index contributed by atoms with van der Waals surface area (Å²) in [5, 5.41) is 13.9. The van der Waals surface area contributed by atoms with Crippen LogP contribution in [-0.2, 0) is 18.4 Å². The van der Waals surface area contributed by atoms with E-state index in [1.54, 1.807) is 0 Å². The van der Waals surface area contributed by atoms with E-state index in [4.69, 9.17) is 9.05 Å². The van der Waals surface area contributed by atoms with E-state index in [2.05, 4.69) is 31.3 Å². The highest BCUT2D eigenvalue weighted by molar-refractivity contribution is 7.45. The van der Waals surface area contributed by atoms with E-state index < -0.39 is 20.0 Å². The quantitative estimate of drug-likeness (QED) is 0.0272. The normalized spacial score (nSPS) is 14.0. The topological polar surface area (TPSA) is 108 Å². The number of aliphatic hydroxyl groups excluding tert-OH is 1. The number of carbonyl (C=O) groups is 1. The van der Waals surface area contributed by atoms with Crippen LogP contribution in [0.2, 0.25) is 0 Å². The van der Waals surface area contributed by atoms with Gasteiger partial charge in [0.25, 0.3) is 7.82 Å². The van der Waals surface area contributed by atoms with Crippen molar-refractivity contribution in [2.24, 2.45) is 0 Å². The first-order valence-electron chi connectivity index (χ1n) is 29.0. The van der Waals surface area contributed by atoms with Crippen LogP contribution < -0.4 is 10.2 Å². The molecule has 0 rings (SSSR count). The van der Waals surface area contributed by atoms with Gasteiger partial charge in [-0.3, -0.25) is 9.36 Å². The maximum atomic E-state index is 12.9. The van der Waals surface area contributed by atoms with Crippen LogP contribution in [0.1, 0.15) is 296 Å². The Morgan fingerprint density at radius 2 is 0.833 bits per heavy atom. The van der Waals surface area contributed by atoms with Crippen molar-refractivity contribution >= 4 is 13.7 Å². The number of amides is 1. The number of allylic oxidation sites excluding steroid dienone is 2. The van der Waals surface area contributed by atoms with Gasteiger partial charge in [-0.1, -0.05) is 264 Å². The van der Waals surface area contributed by atoms with Gasteiger partial charge in [-0.2, -0.15) is 0 Å². The van der Waals surface area contributed by atoms with E-state index in [-0.39, 0.29) is 19.1 Å². The summed E-state index contributed by atoms with van der Waals surface area (Å²) in [7, 11) is 1.32. The van der Waals surface area contributed by atoms with Crippen LogP contribution in [0.15, 0.2) is 12.2 Å². The number of rotatable bonds is 54. The Balaban J connectivity index is 3.83. The minimum atomic E-state index is -4.56. The molecule has 0 heterocycles. The summed E-state index contributed by atoms with van der Waals surface area (Å²) >= 11 is 0. The molecule has 0 aliphatic rings. The molecule has 9 heteroatoms. The molecule has 0 aromatic rings. The van der Waals surface area contributed by atoms with Gasteiger partial charge in [-0.15, -0.1) is 0 Å². The number of nitrogens with one attached hydrogen (secondary N) is 1. The third kappa shape index (κ3) is 51.1. The number of unbranched alkanes of at least 4 members (excludes halogenated alkanes) is 39. The van der Waals surface area contributed by atoms with Crippen LogP contribution in [0.4, 0.5) is 0 Å². The first-order chi connectivity index (χ1) is 32.0. The SMILES string of the molecule is CCCCCCCCCCCCCCCC/C=C\CCCCCCCCCCCCCCCCCCCC(=O)NC(COP(=O)([O-])OCC[N+](C)(C)C)C(O)CCCCCCCCCCC. The molecule has 0 bridgehead atoms. The van der Waals surface area contributed by atoms with Gasteiger partial charge < -0.3 is 28.8 Å². The van der Waals surface area contributed by atoms with Gasteiger partial charge in [-0.05, 0) is 38.5 Å². The lowest BCUT2D eigenvalue weighted by Gasteiger charge is -2.30. The van der Waals surface area contributed by atoms with Crippen LogP contribution in [0, 0.1) is 0 Å². The number of nitrogens with zero attached hydrogens (tertiary/aromatic N) is 1. The first kappa shape index (κ1) is 65.2. The summed E-state index contributed by atoms with van der Waals surface area (Å²) in [5.41, 5.74) is 0. The third-order valence-corrected chi connectivity index (χ3v) is 14.5. The molecule has 3 unspecified atom stereocenters. The average Bonchev–Trinajstić information content (AvgIpc) is 3.28. The van der Waals surface area contributed by atoms with E-state index in [0.717, 1.165) is 38.5 Å². The Hall–Kier alpha value is -0.760. The van der Waals surface area contributed by atoms with Gasteiger partial charge in [0.1, 0.15) is 13.2 Å². The van der Waals surface area contributed by atoms with E-state index >= 15 is 0 Å². The zero-order chi connectivity index (χ0) is 48.5. The molecule has 66 heavy (non-hydrogen) atoms. The lowest BCUT2D eigenvalue weighted by atomic mass is 10.0. The van der Waals surface area contributed by atoms with Gasteiger partial charge >= 0.3 is 0 Å². The lowest BCUT2D eigenvalue weighted by Crippen LogP contribution is -2.46. The Morgan fingerprint density at radius 3 is 1.18 bits per heavy atom. The number of hydrogen-bond donors (Lipinski definition) is 2. The molecule has 0 saturated carbocycles. The molecule has 2 N–H and O–H groups in total. The predicted octanol–water partition coefficient (Wildman–Crippen LogP) is 16.8. The minimum absolute atomic E-state index is 0.0147. The molecule has 8 nitrogen and oxygen atoms in total. The number of carbonyl (C=O) groups excluding carboxylic acids is 1. The van der Waals surface area contributed by atoms with Crippen molar-refractivity contribution in [2.75, 3.05) is 40.9 Å². The van der Waals surface area contributed by atoms with Crippen LogP contribution in [-0.4, -0.2) is 68.5 Å². The van der Waals surface area contributed by atoms with E-state index in [1.165, 1.54) is 231 Å². The highest BCUT2D eigenvalue weighted by atomic mass is 31.2. The van der Waals surface area contributed by atoms with Crippen LogP contribution >= 0.6 is 7.82 Å². The molecule has 0 aromatic heterocycles. The van der Waals surface area contributed by atoms with Crippen molar-refractivity contribution in [1.29, 1.82) is 0 Å². The standard InChI is InChI=1S/C57H115N2O6P/c1-6-8-10-12-14-16-17-18-19-20-21-22-23-24-25-26-27-28-29-30-31-32-33-34-35-36-37-38-39-40-41-43-45-47-49-51-57(61)58-55(54-65-66(62,63)64-53-52-59(3,4)5)56(60)50-48-46-44-42-15-13-11-9-7-2/h26-27,55-56,60H,6-25,28-54H2,1-5H3,(H-,58,61,62,63)/b27-26-. The fourth-order valence-corrected chi connectivity index (χ4v) is 9.64. The maximum Gasteiger partial charge on any atom is 0.268 e. The summed E-state index contributed by atoms with van der Waals surface area (Å²) < 4.78 is 23.3. The van der Waals surface area contributed by atoms with Crippen LogP contribution in [0.3, 0.4) is 0 Å². The summed E-state index contributed by atoms with van der Waals surface area (Å²) in [5.74, 6) is -0.162. The Labute approximate surface area is 412 Å². The molecule has 0 aliphatic heterocycles. The van der Waals surface area contributed by atoms with Crippen molar-refractivity contribution in [1.82, 2.24) is 5.32 Å². The van der Waals surface area contributed by atoms with Crippen LogP contribution in [0.25, 0.3) is 0 Å². The second kappa shape index (κ2) is 49.2. The van der Waals surface area contributed by atoms with Gasteiger partial charge in [0.05, 0.1) is 39.9 Å². The smallest absolute Gasteiger partial charge is 0.268 e. The fourth-order valence-electron chi connectivity index (χ4n) is 8.92. The summed E-state index contributed by atoms with van der Waals surface area (Å²) in [6.07, 6.45) is 60.0. The van der Waals surface area contributed by atoms with E-state index in [1.807, 2.05) is 21.1 Å². The first-order valence-corrected chi connectivity index (χ1v) is 30.5. The van der Waals surface area contributed by atoms with E-state index in [9.17, 15) is 19.4 Å². The molecule has 0 radical (unpaired) electrons. The average molecular weight is 956 g/mol. The lowest BCUT2D eigenvalue weighted by molar-refractivity contribution is -0.870. The molecule has 0 spiro atoms. The van der Waals surface area contributed by atoms with Crippen molar-refractivity contribution < 1.29 is 32.9 Å². The highest BCUT2D eigenvalue weighted by Crippen LogP contribution is 2.38. The van der Waals surface area contributed by atoms with Gasteiger partial charge in [0, 0.05) is 6.42 Å². The molecule has 1 amide bonds. The monoisotopic (exact) mass is 955 g/mol. The van der Waals surface area contributed by atoms with Crippen molar-refractivity contribution in [3.8, 4) is 0 Å². The number of aliphatic hydroxyl groups is 1. The Kier molecular flexibility index (Phi) is 48.7. The van der Waals surface area contributed by atoms with E-state index in [0.29, 0.717) is 23.9 Å². The highest BCUT2D eigenvalue weighted by Gasteiger charge is 2.24. The summed E-state index contributed by atoms with van der Waals surface area (Å²) in [4.78, 5) is 25.4. The van der Waals surface area contributed by atoms with Crippen LogP contribution in [0.5, 0.6) is 0 Å². The molecule has 394 valence electrons. The number of likely N-dealkylation sites (N-methyl/N-ethyl adjacent to an activating group) is 1. The third-order valence-electron chi connectivity index (χ3n) is 13.5. The van der Waals surface area contributed by atoms with Crippen molar-refractivity contribution in [3.05, 3.63) is 12.2 Å². The number of quaternary nitrogens is 1.